The largest absolute Gasteiger partial charge is 0.327 e. The third-order valence-corrected chi connectivity index (χ3v) is 6.97. The van der Waals surface area contributed by atoms with Crippen molar-refractivity contribution in [2.24, 2.45) is 0 Å². The zero-order valence-electron chi connectivity index (χ0n) is 16.5. The Morgan fingerprint density at radius 3 is 2.55 bits per heavy atom. The van der Waals surface area contributed by atoms with Gasteiger partial charge in [0.25, 0.3) is 5.91 Å². The average Bonchev–Trinajstić information content (AvgIpc) is 3.52. The summed E-state index contributed by atoms with van der Waals surface area (Å²) in [5.41, 5.74) is 1.54. The van der Waals surface area contributed by atoms with Crippen molar-refractivity contribution in [3.63, 3.8) is 0 Å². The van der Waals surface area contributed by atoms with Crippen molar-refractivity contribution in [2.45, 2.75) is 24.4 Å². The Bertz CT molecular complexity index is 1060. The Kier molecular flexibility index (Phi) is 5.02. The van der Waals surface area contributed by atoms with E-state index < -0.39 is 6.04 Å². The SMILES string of the molecule is O=C(Nc1cccc(Cl)c1Cl)N1CCN2C(=O)N([C@@H]3C[C@H]3c3ccccc3)C(=O)[C@@H]2C1. The summed E-state index contributed by atoms with van der Waals surface area (Å²) in [5, 5.41) is 3.34. The molecular weight excluding hydrogens is 439 g/mol. The molecule has 3 fully saturated rings. The highest BCUT2D eigenvalue weighted by atomic mass is 35.5. The van der Waals surface area contributed by atoms with Crippen molar-refractivity contribution in [1.29, 1.82) is 0 Å². The maximum absolute atomic E-state index is 13.1. The number of fused-ring (bicyclic) bond motifs is 1. The highest BCUT2D eigenvalue weighted by Crippen LogP contribution is 2.46. The molecule has 1 aliphatic carbocycles. The van der Waals surface area contributed by atoms with Crippen LogP contribution in [0.25, 0.3) is 0 Å². The summed E-state index contributed by atoms with van der Waals surface area (Å²) in [4.78, 5) is 43.3. The van der Waals surface area contributed by atoms with Gasteiger partial charge in [-0.1, -0.05) is 59.6 Å². The Labute approximate surface area is 189 Å². The summed E-state index contributed by atoms with van der Waals surface area (Å²) in [6, 6.07) is 13.5. The molecule has 5 amide bonds. The number of benzene rings is 2. The van der Waals surface area contributed by atoms with Crippen LogP contribution in [0.4, 0.5) is 15.3 Å². The zero-order valence-corrected chi connectivity index (χ0v) is 18.0. The van der Waals surface area contributed by atoms with Gasteiger partial charge in [-0.3, -0.25) is 9.69 Å². The topological polar surface area (TPSA) is 73.0 Å². The highest BCUT2D eigenvalue weighted by Gasteiger charge is 2.56. The summed E-state index contributed by atoms with van der Waals surface area (Å²) >= 11 is 12.2. The fourth-order valence-corrected chi connectivity index (χ4v) is 4.77. The second-order valence-electron chi connectivity index (χ2n) is 8.00. The van der Waals surface area contributed by atoms with Gasteiger partial charge in [-0.15, -0.1) is 0 Å². The molecule has 2 saturated heterocycles. The summed E-state index contributed by atoms with van der Waals surface area (Å²) in [6.45, 7) is 0.791. The minimum absolute atomic E-state index is 0.111. The van der Waals surface area contributed by atoms with Gasteiger partial charge in [-0.25, -0.2) is 9.59 Å². The molecule has 0 unspecified atom stereocenters. The summed E-state index contributed by atoms with van der Waals surface area (Å²) in [6.07, 6.45) is 0.777. The van der Waals surface area contributed by atoms with Crippen LogP contribution in [0, 0.1) is 0 Å². The molecule has 0 radical (unpaired) electrons. The van der Waals surface area contributed by atoms with Crippen molar-refractivity contribution in [3.05, 3.63) is 64.1 Å². The molecule has 0 bridgehead atoms. The lowest BCUT2D eigenvalue weighted by Gasteiger charge is -2.35. The van der Waals surface area contributed by atoms with E-state index in [1.165, 1.54) is 9.80 Å². The van der Waals surface area contributed by atoms with E-state index in [0.717, 1.165) is 12.0 Å². The number of urea groups is 2. The van der Waals surface area contributed by atoms with Crippen LogP contribution in [0.2, 0.25) is 10.0 Å². The Morgan fingerprint density at radius 1 is 1.00 bits per heavy atom. The van der Waals surface area contributed by atoms with Crippen LogP contribution in [0.3, 0.4) is 0 Å². The maximum atomic E-state index is 13.1. The van der Waals surface area contributed by atoms with E-state index in [2.05, 4.69) is 5.32 Å². The first-order valence-electron chi connectivity index (χ1n) is 10.1. The predicted octanol–water partition coefficient (Wildman–Crippen LogP) is 4.03. The van der Waals surface area contributed by atoms with Crippen molar-refractivity contribution >= 4 is 46.9 Å². The third kappa shape index (κ3) is 3.51. The molecule has 2 aliphatic heterocycles. The first-order valence-corrected chi connectivity index (χ1v) is 10.9. The standard InChI is InChI=1S/C22H20Cl2N4O3/c23-15-7-4-8-16(19(15)24)25-21(30)26-9-10-27-18(12-26)20(29)28(22(27)31)17-11-14(17)13-5-2-1-3-6-13/h1-8,14,17-18H,9-12H2,(H,25,30)/t14-,17+,18-/m0/s1. The molecule has 31 heavy (non-hydrogen) atoms. The van der Waals surface area contributed by atoms with Gasteiger partial charge >= 0.3 is 12.1 Å². The summed E-state index contributed by atoms with van der Waals surface area (Å²) in [7, 11) is 0. The van der Waals surface area contributed by atoms with Crippen molar-refractivity contribution in [3.8, 4) is 0 Å². The Balaban J connectivity index is 1.27. The first kappa shape index (κ1) is 20.2. The minimum atomic E-state index is -0.654. The number of halogens is 2. The van der Waals surface area contributed by atoms with Gasteiger partial charge in [0.1, 0.15) is 6.04 Å². The Hall–Kier alpha value is -2.77. The zero-order chi connectivity index (χ0) is 21.7. The number of imide groups is 1. The van der Waals surface area contributed by atoms with Gasteiger partial charge in [0, 0.05) is 25.0 Å². The van der Waals surface area contributed by atoms with Crippen molar-refractivity contribution in [1.82, 2.24) is 14.7 Å². The molecule has 2 aromatic carbocycles. The van der Waals surface area contributed by atoms with Gasteiger partial charge in [0.2, 0.25) is 0 Å². The second-order valence-corrected chi connectivity index (χ2v) is 8.78. The number of nitrogens with zero attached hydrogens (tertiary/aromatic N) is 3. The molecule has 3 aliphatic rings. The molecule has 160 valence electrons. The van der Waals surface area contributed by atoms with Crippen LogP contribution >= 0.6 is 23.2 Å². The normalized spacial score (nSPS) is 25.0. The lowest BCUT2D eigenvalue weighted by molar-refractivity contribution is -0.129. The molecule has 0 aromatic heterocycles. The maximum Gasteiger partial charge on any atom is 0.327 e. The minimum Gasteiger partial charge on any atom is -0.320 e. The third-order valence-electron chi connectivity index (χ3n) is 6.15. The number of amides is 5. The molecule has 9 heteroatoms. The molecule has 2 aromatic rings. The van der Waals surface area contributed by atoms with E-state index >= 15 is 0 Å². The van der Waals surface area contributed by atoms with Crippen LogP contribution in [-0.4, -0.2) is 64.4 Å². The Morgan fingerprint density at radius 2 is 1.77 bits per heavy atom. The first-order chi connectivity index (χ1) is 15.0. The van der Waals surface area contributed by atoms with E-state index in [1.807, 2.05) is 30.3 Å². The molecule has 0 spiro atoms. The predicted molar refractivity (Wildman–Crippen MR) is 117 cm³/mol. The molecule has 7 nitrogen and oxygen atoms in total. The number of anilines is 1. The van der Waals surface area contributed by atoms with Gasteiger partial charge in [-0.2, -0.15) is 0 Å². The second kappa shape index (κ2) is 7.73. The van der Waals surface area contributed by atoms with Gasteiger partial charge in [-0.05, 0) is 24.1 Å². The molecule has 3 atom stereocenters. The van der Waals surface area contributed by atoms with E-state index in [4.69, 9.17) is 23.2 Å². The molecule has 1 N–H and O–H groups in total. The monoisotopic (exact) mass is 458 g/mol. The van der Waals surface area contributed by atoms with Gasteiger partial charge in [0.15, 0.2) is 0 Å². The number of carbonyl (C=O) groups excluding carboxylic acids is 3. The van der Waals surface area contributed by atoms with Gasteiger partial charge in [0.05, 0.1) is 22.3 Å². The lowest BCUT2D eigenvalue weighted by Crippen LogP contribution is -2.55. The number of nitrogens with one attached hydrogen (secondary N) is 1. The van der Waals surface area contributed by atoms with Crippen LogP contribution in [0.15, 0.2) is 48.5 Å². The molecule has 1 saturated carbocycles. The molecule has 5 rings (SSSR count). The smallest absolute Gasteiger partial charge is 0.320 e. The van der Waals surface area contributed by atoms with Crippen LogP contribution < -0.4 is 5.32 Å². The summed E-state index contributed by atoms with van der Waals surface area (Å²) in [5.74, 6) is -0.0495. The lowest BCUT2D eigenvalue weighted by atomic mass is 10.1. The van der Waals surface area contributed by atoms with Crippen molar-refractivity contribution in [2.75, 3.05) is 25.0 Å². The average molecular weight is 459 g/mol. The van der Waals surface area contributed by atoms with Crippen LogP contribution in [-0.2, 0) is 4.79 Å². The van der Waals surface area contributed by atoms with E-state index in [-0.39, 0.29) is 41.5 Å². The number of hydrogen-bond donors (Lipinski definition) is 1. The van der Waals surface area contributed by atoms with Crippen molar-refractivity contribution < 1.29 is 14.4 Å². The number of rotatable bonds is 3. The van der Waals surface area contributed by atoms with Crippen LogP contribution in [0.1, 0.15) is 17.9 Å². The fraction of sp³-hybridized carbons (Fsp3) is 0.318. The highest BCUT2D eigenvalue weighted by molar-refractivity contribution is 6.43. The van der Waals surface area contributed by atoms with E-state index in [9.17, 15) is 14.4 Å². The number of piperazine rings is 1. The molecule has 2 heterocycles. The molecular formula is C22H20Cl2N4O3. The number of hydrogen-bond acceptors (Lipinski definition) is 3. The van der Waals surface area contributed by atoms with Gasteiger partial charge < -0.3 is 15.1 Å². The summed E-state index contributed by atoms with van der Waals surface area (Å²) < 4.78 is 0. The van der Waals surface area contributed by atoms with Crippen LogP contribution in [0.5, 0.6) is 0 Å². The quantitative estimate of drug-likeness (QED) is 0.705. The fourth-order valence-electron chi connectivity index (χ4n) is 4.43. The van der Waals surface area contributed by atoms with E-state index in [1.54, 1.807) is 23.1 Å². The van der Waals surface area contributed by atoms with E-state index in [0.29, 0.717) is 23.8 Å². The number of carbonyl (C=O) groups is 3.